The number of rotatable bonds is 7. The fraction of sp³-hybridized carbons (Fsp3) is 0.500. The second-order valence-electron chi connectivity index (χ2n) is 5.22. The van der Waals surface area contributed by atoms with Gasteiger partial charge in [-0.2, -0.15) is 0 Å². The molecule has 0 fully saturated rings. The van der Waals surface area contributed by atoms with E-state index in [9.17, 15) is 4.79 Å². The predicted molar refractivity (Wildman–Crippen MR) is 83.4 cm³/mol. The number of aromatic nitrogens is 3. The van der Waals surface area contributed by atoms with Crippen LogP contribution < -0.4 is 16.0 Å². The molecule has 114 valence electrons. The minimum absolute atomic E-state index is 0.0897. The lowest BCUT2D eigenvalue weighted by molar-refractivity contribution is -0.116. The molecule has 0 aliphatic carbocycles. The topological polar surface area (TPSA) is 88.5 Å². The number of amides is 1. The van der Waals surface area contributed by atoms with Gasteiger partial charge in [0.15, 0.2) is 11.5 Å². The van der Waals surface area contributed by atoms with Crippen LogP contribution >= 0.6 is 0 Å². The molecule has 0 bridgehead atoms. The summed E-state index contributed by atoms with van der Waals surface area (Å²) in [6, 6.07) is 0.0897. The lowest BCUT2D eigenvalue weighted by Gasteiger charge is -2.27. The molecule has 3 N–H and O–H groups in total. The zero-order valence-corrected chi connectivity index (χ0v) is 12.7. The molecule has 2 heterocycles. The summed E-state index contributed by atoms with van der Waals surface area (Å²) in [6.07, 6.45) is 6.48. The number of nitrogens with zero attached hydrogens (tertiary/aromatic N) is 4. The molecule has 0 spiro atoms. The van der Waals surface area contributed by atoms with E-state index >= 15 is 0 Å². The van der Waals surface area contributed by atoms with Gasteiger partial charge in [-0.15, -0.1) is 0 Å². The third-order valence-electron chi connectivity index (χ3n) is 3.13. The number of carbonyl (C=O) groups is 1. The molecule has 2 aromatic heterocycles. The third-order valence-corrected chi connectivity index (χ3v) is 3.13. The van der Waals surface area contributed by atoms with E-state index < -0.39 is 0 Å². The smallest absolute Gasteiger partial charge is 0.237 e. The molecule has 0 aromatic carbocycles. The number of hydrogen-bond acceptors (Lipinski definition) is 5. The van der Waals surface area contributed by atoms with Gasteiger partial charge in [-0.3, -0.25) is 4.79 Å². The Morgan fingerprint density at radius 3 is 2.90 bits per heavy atom. The highest BCUT2D eigenvalue weighted by molar-refractivity contribution is 5.81. The van der Waals surface area contributed by atoms with Crippen LogP contribution in [0.1, 0.15) is 27.2 Å². The molecule has 2 aromatic rings. The van der Waals surface area contributed by atoms with E-state index in [1.54, 1.807) is 6.20 Å². The van der Waals surface area contributed by atoms with E-state index in [0.717, 1.165) is 18.8 Å². The van der Waals surface area contributed by atoms with E-state index in [2.05, 4.69) is 22.2 Å². The summed E-state index contributed by atoms with van der Waals surface area (Å²) < 4.78 is 1.90. The molecule has 2 rings (SSSR count). The lowest BCUT2D eigenvalue weighted by atomic mass is 10.3. The highest BCUT2D eigenvalue weighted by Gasteiger charge is 2.19. The Morgan fingerprint density at radius 2 is 2.29 bits per heavy atom. The van der Waals surface area contributed by atoms with Crippen molar-refractivity contribution in [2.45, 2.75) is 33.2 Å². The molecule has 7 heteroatoms. The minimum Gasteiger partial charge on any atom is -0.369 e. The summed E-state index contributed by atoms with van der Waals surface area (Å²) in [6.45, 7) is 7.04. The van der Waals surface area contributed by atoms with Crippen molar-refractivity contribution in [1.29, 1.82) is 0 Å². The van der Waals surface area contributed by atoms with E-state index in [1.807, 2.05) is 35.5 Å². The normalized spacial score (nSPS) is 11.0. The van der Waals surface area contributed by atoms with Crippen LogP contribution in [0.3, 0.4) is 0 Å². The summed E-state index contributed by atoms with van der Waals surface area (Å²) in [5, 5.41) is 3.26. The predicted octanol–water partition coefficient (Wildman–Crippen LogP) is 1.25. The van der Waals surface area contributed by atoms with E-state index in [4.69, 9.17) is 5.73 Å². The van der Waals surface area contributed by atoms with Crippen LogP contribution in [0.4, 0.5) is 11.6 Å². The van der Waals surface area contributed by atoms with E-state index in [1.165, 1.54) is 0 Å². The summed E-state index contributed by atoms with van der Waals surface area (Å²) in [5.41, 5.74) is 6.07. The Balaban J connectivity index is 2.47. The first-order valence-corrected chi connectivity index (χ1v) is 7.15. The maximum absolute atomic E-state index is 11.3. The van der Waals surface area contributed by atoms with Gasteiger partial charge < -0.3 is 20.4 Å². The van der Waals surface area contributed by atoms with Crippen LogP contribution in [0, 0.1) is 0 Å². The van der Waals surface area contributed by atoms with Crippen molar-refractivity contribution in [3.05, 3.63) is 18.6 Å². The Hall–Kier alpha value is -2.31. The second-order valence-corrected chi connectivity index (χ2v) is 5.22. The molecule has 0 saturated carbocycles. The van der Waals surface area contributed by atoms with Crippen molar-refractivity contribution < 1.29 is 4.79 Å². The maximum atomic E-state index is 11.3. The molecule has 0 aliphatic heterocycles. The maximum Gasteiger partial charge on any atom is 0.237 e. The number of fused-ring (bicyclic) bond motifs is 1. The van der Waals surface area contributed by atoms with Crippen molar-refractivity contribution in [3.63, 3.8) is 0 Å². The second kappa shape index (κ2) is 6.43. The van der Waals surface area contributed by atoms with Crippen LogP contribution in [-0.4, -0.2) is 39.4 Å². The van der Waals surface area contributed by atoms with Gasteiger partial charge >= 0.3 is 0 Å². The van der Waals surface area contributed by atoms with Crippen molar-refractivity contribution in [2.75, 3.05) is 23.3 Å². The van der Waals surface area contributed by atoms with Crippen molar-refractivity contribution in [1.82, 2.24) is 14.4 Å². The third kappa shape index (κ3) is 3.42. The van der Waals surface area contributed by atoms with Crippen LogP contribution in [0.15, 0.2) is 18.6 Å². The number of primary amides is 1. The summed E-state index contributed by atoms with van der Waals surface area (Å²) in [4.78, 5) is 22.1. The SMILES string of the molecule is CCCNc1cn2ccnc2c(N(CC(N)=O)C(C)C)n1. The van der Waals surface area contributed by atoms with E-state index in [0.29, 0.717) is 11.5 Å². The standard InChI is InChI=1S/C14H22N6O/c1-4-5-16-12-9-19-7-6-17-13(19)14(18-12)20(10(2)3)8-11(15)21/h6-7,9-10,16H,4-5,8H2,1-3H3,(H2,15,21). The number of nitrogens with one attached hydrogen (secondary N) is 1. The monoisotopic (exact) mass is 290 g/mol. The van der Waals surface area contributed by atoms with Gasteiger partial charge in [0, 0.05) is 25.0 Å². The number of anilines is 2. The van der Waals surface area contributed by atoms with Gasteiger partial charge in [0.1, 0.15) is 5.82 Å². The fourth-order valence-corrected chi connectivity index (χ4v) is 2.12. The molecular weight excluding hydrogens is 268 g/mol. The number of nitrogens with two attached hydrogens (primary N) is 1. The summed E-state index contributed by atoms with van der Waals surface area (Å²) in [5.74, 6) is 1.03. The average Bonchev–Trinajstić information content (AvgIpc) is 2.89. The first-order chi connectivity index (χ1) is 10.0. The zero-order valence-electron chi connectivity index (χ0n) is 12.7. The molecule has 0 aliphatic rings. The van der Waals surface area contributed by atoms with Gasteiger partial charge in [-0.05, 0) is 20.3 Å². The molecule has 0 atom stereocenters. The number of carbonyl (C=O) groups excluding carboxylic acids is 1. The van der Waals surface area contributed by atoms with Crippen LogP contribution in [-0.2, 0) is 4.79 Å². The minimum atomic E-state index is -0.387. The van der Waals surface area contributed by atoms with Gasteiger partial charge in [-0.25, -0.2) is 9.97 Å². The molecule has 1 amide bonds. The number of hydrogen-bond donors (Lipinski definition) is 2. The first kappa shape index (κ1) is 15.1. The van der Waals surface area contributed by atoms with Crippen molar-refractivity contribution in [3.8, 4) is 0 Å². The molecule has 0 radical (unpaired) electrons. The Kier molecular flexibility index (Phi) is 4.62. The molecule has 0 unspecified atom stereocenters. The first-order valence-electron chi connectivity index (χ1n) is 7.15. The lowest BCUT2D eigenvalue weighted by Crippen LogP contribution is -2.39. The quantitative estimate of drug-likeness (QED) is 0.801. The summed E-state index contributed by atoms with van der Waals surface area (Å²) in [7, 11) is 0. The highest BCUT2D eigenvalue weighted by atomic mass is 16.1. The average molecular weight is 290 g/mol. The van der Waals surface area contributed by atoms with Gasteiger partial charge in [-0.1, -0.05) is 6.92 Å². The largest absolute Gasteiger partial charge is 0.369 e. The highest BCUT2D eigenvalue weighted by Crippen LogP contribution is 2.22. The van der Waals surface area contributed by atoms with Crippen molar-refractivity contribution >= 4 is 23.2 Å². The Labute approximate surface area is 124 Å². The van der Waals surface area contributed by atoms with Gasteiger partial charge in [0.05, 0.1) is 12.7 Å². The van der Waals surface area contributed by atoms with Crippen molar-refractivity contribution in [2.24, 2.45) is 5.73 Å². The number of imidazole rings is 1. The van der Waals surface area contributed by atoms with E-state index in [-0.39, 0.29) is 18.5 Å². The summed E-state index contributed by atoms with van der Waals surface area (Å²) >= 11 is 0. The molecule has 21 heavy (non-hydrogen) atoms. The Morgan fingerprint density at radius 1 is 1.52 bits per heavy atom. The molecule has 7 nitrogen and oxygen atoms in total. The fourth-order valence-electron chi connectivity index (χ4n) is 2.12. The van der Waals surface area contributed by atoms with Crippen LogP contribution in [0.5, 0.6) is 0 Å². The van der Waals surface area contributed by atoms with Crippen LogP contribution in [0.2, 0.25) is 0 Å². The van der Waals surface area contributed by atoms with Gasteiger partial charge in [0.2, 0.25) is 5.91 Å². The molecule has 0 saturated heterocycles. The van der Waals surface area contributed by atoms with Crippen LogP contribution in [0.25, 0.3) is 5.65 Å². The Bertz CT molecular complexity index is 621. The molecular formula is C14H22N6O. The zero-order chi connectivity index (χ0) is 15.4. The van der Waals surface area contributed by atoms with Gasteiger partial charge in [0.25, 0.3) is 0 Å².